The van der Waals surface area contributed by atoms with Crippen LogP contribution in [0.5, 0.6) is 0 Å². The normalized spacial score (nSPS) is 12.6. The Morgan fingerprint density at radius 2 is 2.24 bits per heavy atom. The fourth-order valence-electron chi connectivity index (χ4n) is 1.77. The number of halogens is 2. The van der Waals surface area contributed by atoms with E-state index in [2.05, 4.69) is 38.8 Å². The summed E-state index contributed by atoms with van der Waals surface area (Å²) in [4.78, 5) is 1.36. The maximum atomic E-state index is 6.02. The molecule has 1 heterocycles. The first-order valence-electron chi connectivity index (χ1n) is 5.34. The molecule has 2 aromatic rings. The van der Waals surface area contributed by atoms with Crippen molar-refractivity contribution >= 4 is 38.9 Å². The lowest BCUT2D eigenvalue weighted by Gasteiger charge is -2.15. The molecule has 1 unspecified atom stereocenters. The zero-order valence-electron chi connectivity index (χ0n) is 9.41. The second-order valence-electron chi connectivity index (χ2n) is 3.83. The Hall–Kier alpha value is -0.350. The van der Waals surface area contributed by atoms with Gasteiger partial charge in [-0.1, -0.05) is 23.7 Å². The van der Waals surface area contributed by atoms with Crippen molar-refractivity contribution in [1.29, 1.82) is 0 Å². The largest absolute Gasteiger partial charge is 0.313 e. The van der Waals surface area contributed by atoms with Crippen LogP contribution in [-0.4, -0.2) is 7.05 Å². The lowest BCUT2D eigenvalue weighted by atomic mass is 10.0. The third-order valence-electron chi connectivity index (χ3n) is 2.63. The highest BCUT2D eigenvalue weighted by atomic mass is 79.9. The van der Waals surface area contributed by atoms with Crippen molar-refractivity contribution in [2.45, 2.75) is 12.5 Å². The molecule has 1 aromatic carbocycles. The number of likely N-dealkylation sites (N-methyl/N-ethyl adjacent to an activating group) is 1. The molecule has 0 amide bonds. The maximum Gasteiger partial charge on any atom is 0.0409 e. The van der Waals surface area contributed by atoms with Gasteiger partial charge in [-0.3, -0.25) is 0 Å². The van der Waals surface area contributed by atoms with Crippen LogP contribution < -0.4 is 5.32 Å². The Kier molecular flexibility index (Phi) is 4.62. The Morgan fingerprint density at radius 1 is 1.41 bits per heavy atom. The van der Waals surface area contributed by atoms with Gasteiger partial charge in [0.25, 0.3) is 0 Å². The molecule has 1 aromatic heterocycles. The van der Waals surface area contributed by atoms with Crippen LogP contribution in [0.3, 0.4) is 0 Å². The van der Waals surface area contributed by atoms with Crippen molar-refractivity contribution in [2.75, 3.05) is 7.05 Å². The van der Waals surface area contributed by atoms with E-state index in [9.17, 15) is 0 Å². The van der Waals surface area contributed by atoms with E-state index in [1.165, 1.54) is 10.4 Å². The van der Waals surface area contributed by atoms with E-state index in [0.717, 1.165) is 15.9 Å². The SMILES string of the molecule is CNC(Cc1cc(Br)cs1)c1cccc(Cl)c1. The minimum absolute atomic E-state index is 0.305. The van der Waals surface area contributed by atoms with E-state index in [4.69, 9.17) is 11.6 Å². The van der Waals surface area contributed by atoms with Crippen LogP contribution in [0.2, 0.25) is 5.02 Å². The minimum Gasteiger partial charge on any atom is -0.313 e. The predicted molar refractivity (Wildman–Crippen MR) is 79.0 cm³/mol. The van der Waals surface area contributed by atoms with Gasteiger partial charge >= 0.3 is 0 Å². The van der Waals surface area contributed by atoms with E-state index in [0.29, 0.717) is 6.04 Å². The van der Waals surface area contributed by atoms with Gasteiger partial charge in [0, 0.05) is 32.2 Å². The highest BCUT2D eigenvalue weighted by Gasteiger charge is 2.11. The highest BCUT2D eigenvalue weighted by Crippen LogP contribution is 2.26. The van der Waals surface area contributed by atoms with Crippen molar-refractivity contribution in [3.8, 4) is 0 Å². The third kappa shape index (κ3) is 3.55. The van der Waals surface area contributed by atoms with E-state index >= 15 is 0 Å². The van der Waals surface area contributed by atoms with Crippen LogP contribution in [0.15, 0.2) is 40.2 Å². The molecule has 0 aliphatic heterocycles. The predicted octanol–water partition coefficient (Wildman–Crippen LogP) is 4.67. The lowest BCUT2D eigenvalue weighted by Crippen LogP contribution is -2.18. The molecule has 0 spiro atoms. The average molecular weight is 331 g/mol. The quantitative estimate of drug-likeness (QED) is 0.859. The molecule has 0 aliphatic rings. The van der Waals surface area contributed by atoms with E-state index < -0.39 is 0 Å². The second-order valence-corrected chi connectivity index (χ2v) is 6.18. The molecule has 1 atom stereocenters. The van der Waals surface area contributed by atoms with Crippen LogP contribution in [0, 0.1) is 0 Å². The molecule has 4 heteroatoms. The van der Waals surface area contributed by atoms with Crippen molar-refractivity contribution < 1.29 is 0 Å². The van der Waals surface area contributed by atoms with Crippen LogP contribution in [0.1, 0.15) is 16.5 Å². The van der Waals surface area contributed by atoms with Gasteiger partial charge in [0.15, 0.2) is 0 Å². The van der Waals surface area contributed by atoms with E-state index in [-0.39, 0.29) is 0 Å². The zero-order valence-corrected chi connectivity index (χ0v) is 12.6. The maximum absolute atomic E-state index is 6.02. The summed E-state index contributed by atoms with van der Waals surface area (Å²) < 4.78 is 1.15. The van der Waals surface area contributed by atoms with Gasteiger partial charge < -0.3 is 5.32 Å². The molecule has 0 bridgehead atoms. The van der Waals surface area contributed by atoms with Crippen LogP contribution >= 0.6 is 38.9 Å². The summed E-state index contributed by atoms with van der Waals surface area (Å²) in [6.07, 6.45) is 0.979. The number of rotatable bonds is 4. The van der Waals surface area contributed by atoms with Gasteiger partial charge in [0.1, 0.15) is 0 Å². The number of hydrogen-bond acceptors (Lipinski definition) is 2. The smallest absolute Gasteiger partial charge is 0.0409 e. The monoisotopic (exact) mass is 329 g/mol. The molecule has 0 aliphatic carbocycles. The molecule has 1 nitrogen and oxygen atoms in total. The number of nitrogens with one attached hydrogen (secondary N) is 1. The minimum atomic E-state index is 0.305. The van der Waals surface area contributed by atoms with Gasteiger partial charge in [0.05, 0.1) is 0 Å². The topological polar surface area (TPSA) is 12.0 Å². The first-order chi connectivity index (χ1) is 8.19. The van der Waals surface area contributed by atoms with Crippen LogP contribution in [0.25, 0.3) is 0 Å². The Morgan fingerprint density at radius 3 is 2.82 bits per heavy atom. The van der Waals surface area contributed by atoms with Crippen molar-refractivity contribution in [1.82, 2.24) is 5.32 Å². The van der Waals surface area contributed by atoms with Crippen LogP contribution in [0.4, 0.5) is 0 Å². The summed E-state index contributed by atoms with van der Waals surface area (Å²) in [5.74, 6) is 0. The zero-order chi connectivity index (χ0) is 12.3. The molecule has 0 radical (unpaired) electrons. The molecule has 0 fully saturated rings. The second kappa shape index (κ2) is 6.01. The summed E-state index contributed by atoms with van der Waals surface area (Å²) >= 11 is 11.3. The van der Waals surface area contributed by atoms with Crippen molar-refractivity contribution in [2.24, 2.45) is 0 Å². The van der Waals surface area contributed by atoms with E-state index in [1.807, 2.05) is 25.2 Å². The van der Waals surface area contributed by atoms with Gasteiger partial charge in [-0.25, -0.2) is 0 Å². The number of thiophene rings is 1. The van der Waals surface area contributed by atoms with Crippen molar-refractivity contribution in [3.05, 3.63) is 55.6 Å². The summed E-state index contributed by atoms with van der Waals surface area (Å²) in [6.45, 7) is 0. The molecular formula is C13H13BrClNS. The first kappa shape index (κ1) is 13.1. The molecule has 0 saturated heterocycles. The molecule has 1 N–H and O–H groups in total. The molecule has 17 heavy (non-hydrogen) atoms. The Bertz CT molecular complexity index is 498. The first-order valence-corrected chi connectivity index (χ1v) is 7.39. The summed E-state index contributed by atoms with van der Waals surface area (Å²) in [7, 11) is 1.98. The Labute approximate surface area is 119 Å². The third-order valence-corrected chi connectivity index (χ3v) is 4.58. The van der Waals surface area contributed by atoms with Gasteiger partial charge in [-0.2, -0.15) is 0 Å². The lowest BCUT2D eigenvalue weighted by molar-refractivity contribution is 0.596. The van der Waals surface area contributed by atoms with Crippen molar-refractivity contribution in [3.63, 3.8) is 0 Å². The number of benzene rings is 1. The fourth-order valence-corrected chi connectivity index (χ4v) is 3.47. The van der Waals surface area contributed by atoms with Crippen LogP contribution in [-0.2, 0) is 6.42 Å². The van der Waals surface area contributed by atoms with Gasteiger partial charge in [-0.15, -0.1) is 11.3 Å². The molecule has 2 rings (SSSR count). The summed E-state index contributed by atoms with van der Waals surface area (Å²) in [6, 6.07) is 10.5. The van der Waals surface area contributed by atoms with Gasteiger partial charge in [0.2, 0.25) is 0 Å². The summed E-state index contributed by atoms with van der Waals surface area (Å²) in [5, 5.41) is 6.23. The number of hydrogen-bond donors (Lipinski definition) is 1. The van der Waals surface area contributed by atoms with Gasteiger partial charge in [-0.05, 0) is 46.7 Å². The Balaban J connectivity index is 2.16. The van der Waals surface area contributed by atoms with E-state index in [1.54, 1.807) is 11.3 Å². The molecule has 0 saturated carbocycles. The molecular weight excluding hydrogens is 318 g/mol. The standard InChI is InChI=1S/C13H13BrClNS/c1-16-13(7-12-6-10(14)8-17-12)9-3-2-4-11(15)5-9/h2-6,8,13,16H,7H2,1H3. The highest BCUT2D eigenvalue weighted by molar-refractivity contribution is 9.10. The average Bonchev–Trinajstić information content (AvgIpc) is 2.72. The molecule has 90 valence electrons. The summed E-state index contributed by atoms with van der Waals surface area (Å²) in [5.41, 5.74) is 1.23. The fraction of sp³-hybridized carbons (Fsp3) is 0.231.